The van der Waals surface area contributed by atoms with Crippen LogP contribution in [0.2, 0.25) is 0 Å². The molecule has 0 saturated carbocycles. The molecule has 0 bridgehead atoms. The van der Waals surface area contributed by atoms with E-state index < -0.39 is 0 Å². The average Bonchev–Trinajstić information content (AvgIpc) is 2.56. The van der Waals surface area contributed by atoms with Crippen molar-refractivity contribution in [1.29, 1.82) is 0 Å². The van der Waals surface area contributed by atoms with Crippen LogP contribution in [0.25, 0.3) is 0 Å². The number of ether oxygens (including phenoxy) is 2. The van der Waals surface area contributed by atoms with Gasteiger partial charge in [0.2, 0.25) is 0 Å². The molecule has 1 amide bonds. The fraction of sp³-hybridized carbons (Fsp3) is 0.889. The minimum Gasteiger partial charge on any atom is -0.444 e. The molecule has 1 rings (SSSR count). The maximum atomic E-state index is 11.2. The molecule has 1 heterocycles. The fourth-order valence-electron chi connectivity index (χ4n) is 1.09. The Balaban J connectivity index is 2.16. The molecule has 4 heteroatoms. The zero-order valence-corrected chi connectivity index (χ0v) is 8.21. The summed E-state index contributed by atoms with van der Waals surface area (Å²) in [5.74, 6) is 0. The number of hydrogen-bond donors (Lipinski definition) is 1. The van der Waals surface area contributed by atoms with Crippen LogP contribution in [-0.4, -0.2) is 31.5 Å². The summed E-state index contributed by atoms with van der Waals surface area (Å²) >= 11 is 0. The first kappa shape index (κ1) is 10.3. The summed E-state index contributed by atoms with van der Waals surface area (Å²) in [5, 5.41) is 2.74. The van der Waals surface area contributed by atoms with Crippen molar-refractivity contribution < 1.29 is 14.3 Å². The molecule has 0 aromatic heterocycles. The molecule has 76 valence electrons. The number of carbonyl (C=O) groups is 1. The molecule has 1 aliphatic heterocycles. The Kier molecular flexibility index (Phi) is 4.02. The summed E-state index contributed by atoms with van der Waals surface area (Å²) in [6.45, 7) is 5.20. The summed E-state index contributed by atoms with van der Waals surface area (Å²) in [6, 6.07) is 0.176. The Labute approximate surface area is 78.6 Å². The van der Waals surface area contributed by atoms with Crippen molar-refractivity contribution in [2.75, 3.05) is 13.2 Å². The summed E-state index contributed by atoms with van der Waals surface area (Å²) < 4.78 is 10.2. The Hall–Kier alpha value is -0.770. The van der Waals surface area contributed by atoms with Crippen molar-refractivity contribution in [3.8, 4) is 0 Å². The normalized spacial score (nSPS) is 24.0. The quantitative estimate of drug-likeness (QED) is 0.724. The summed E-state index contributed by atoms with van der Waals surface area (Å²) in [4.78, 5) is 11.2. The van der Waals surface area contributed by atoms with Crippen molar-refractivity contribution in [3.63, 3.8) is 0 Å². The second-order valence-corrected chi connectivity index (χ2v) is 3.34. The average molecular weight is 187 g/mol. The molecule has 0 spiro atoms. The maximum absolute atomic E-state index is 11.2. The first-order valence-electron chi connectivity index (χ1n) is 4.77. The van der Waals surface area contributed by atoms with E-state index in [0.29, 0.717) is 13.2 Å². The molecular weight excluding hydrogens is 170 g/mol. The third-order valence-electron chi connectivity index (χ3n) is 2.14. The van der Waals surface area contributed by atoms with Gasteiger partial charge in [-0.25, -0.2) is 4.79 Å². The standard InChI is InChI=1S/C9H17NO3/c1-3-7(2)10-9(11)13-8-4-5-12-6-8/h7-8H,3-6H2,1-2H3,(H,10,11)/t7-,8?/m0/s1. The van der Waals surface area contributed by atoms with E-state index in [-0.39, 0.29) is 18.2 Å². The molecule has 13 heavy (non-hydrogen) atoms. The number of nitrogens with one attached hydrogen (secondary N) is 1. The van der Waals surface area contributed by atoms with Crippen molar-refractivity contribution in [2.24, 2.45) is 0 Å². The van der Waals surface area contributed by atoms with E-state index in [1.54, 1.807) is 0 Å². The molecule has 1 aliphatic rings. The molecular formula is C9H17NO3. The van der Waals surface area contributed by atoms with Gasteiger partial charge in [-0.2, -0.15) is 0 Å². The summed E-state index contributed by atoms with van der Waals surface area (Å²) in [7, 11) is 0. The Morgan fingerprint density at radius 1 is 1.77 bits per heavy atom. The van der Waals surface area contributed by atoms with E-state index in [0.717, 1.165) is 12.8 Å². The predicted molar refractivity (Wildman–Crippen MR) is 48.6 cm³/mol. The molecule has 1 fully saturated rings. The minimum absolute atomic E-state index is 0.0518. The SMILES string of the molecule is CC[C@H](C)NC(=O)OC1CCOC1. The van der Waals surface area contributed by atoms with E-state index in [1.165, 1.54) is 0 Å². The summed E-state index contributed by atoms with van der Waals surface area (Å²) in [5.41, 5.74) is 0. The van der Waals surface area contributed by atoms with Crippen LogP contribution in [0.4, 0.5) is 4.79 Å². The van der Waals surface area contributed by atoms with Gasteiger partial charge in [0.15, 0.2) is 0 Å². The lowest BCUT2D eigenvalue weighted by Gasteiger charge is -2.14. The highest BCUT2D eigenvalue weighted by Gasteiger charge is 2.20. The Morgan fingerprint density at radius 2 is 2.54 bits per heavy atom. The van der Waals surface area contributed by atoms with Gasteiger partial charge in [-0.1, -0.05) is 6.92 Å². The van der Waals surface area contributed by atoms with Crippen molar-refractivity contribution >= 4 is 6.09 Å². The first-order chi connectivity index (χ1) is 6.22. The van der Waals surface area contributed by atoms with Crippen molar-refractivity contribution in [3.05, 3.63) is 0 Å². The third-order valence-corrected chi connectivity index (χ3v) is 2.14. The zero-order chi connectivity index (χ0) is 9.68. The van der Waals surface area contributed by atoms with E-state index in [2.05, 4.69) is 5.32 Å². The molecule has 0 radical (unpaired) electrons. The van der Waals surface area contributed by atoms with Gasteiger partial charge in [-0.3, -0.25) is 0 Å². The largest absolute Gasteiger partial charge is 0.444 e. The topological polar surface area (TPSA) is 47.6 Å². The van der Waals surface area contributed by atoms with Gasteiger partial charge in [0.25, 0.3) is 0 Å². The molecule has 1 unspecified atom stereocenters. The number of amides is 1. The molecule has 1 saturated heterocycles. The van der Waals surface area contributed by atoms with Crippen LogP contribution in [-0.2, 0) is 9.47 Å². The minimum atomic E-state index is -0.329. The van der Waals surface area contributed by atoms with E-state index >= 15 is 0 Å². The fourth-order valence-corrected chi connectivity index (χ4v) is 1.09. The van der Waals surface area contributed by atoms with E-state index in [4.69, 9.17) is 9.47 Å². The Morgan fingerprint density at radius 3 is 3.08 bits per heavy atom. The molecule has 0 aromatic carbocycles. The van der Waals surface area contributed by atoms with Gasteiger partial charge in [-0.05, 0) is 13.3 Å². The van der Waals surface area contributed by atoms with Crippen LogP contribution in [0.5, 0.6) is 0 Å². The summed E-state index contributed by atoms with van der Waals surface area (Å²) in [6.07, 6.45) is 1.35. The monoisotopic (exact) mass is 187 g/mol. The van der Waals surface area contributed by atoms with Crippen LogP contribution in [0.15, 0.2) is 0 Å². The predicted octanol–water partition coefficient (Wildman–Crippen LogP) is 1.30. The van der Waals surface area contributed by atoms with Crippen molar-refractivity contribution in [2.45, 2.75) is 38.8 Å². The van der Waals surface area contributed by atoms with Gasteiger partial charge in [-0.15, -0.1) is 0 Å². The van der Waals surface area contributed by atoms with Gasteiger partial charge >= 0.3 is 6.09 Å². The molecule has 0 aliphatic carbocycles. The number of alkyl carbamates (subject to hydrolysis) is 1. The molecule has 1 N–H and O–H groups in total. The maximum Gasteiger partial charge on any atom is 0.407 e. The molecule has 2 atom stereocenters. The van der Waals surface area contributed by atoms with Crippen LogP contribution in [0.1, 0.15) is 26.7 Å². The van der Waals surface area contributed by atoms with Gasteiger partial charge in [0.1, 0.15) is 6.10 Å². The molecule has 4 nitrogen and oxygen atoms in total. The smallest absolute Gasteiger partial charge is 0.407 e. The van der Waals surface area contributed by atoms with Crippen molar-refractivity contribution in [1.82, 2.24) is 5.32 Å². The lowest BCUT2D eigenvalue weighted by atomic mass is 10.3. The second kappa shape index (κ2) is 5.07. The third kappa shape index (κ3) is 3.63. The van der Waals surface area contributed by atoms with Crippen LogP contribution >= 0.6 is 0 Å². The van der Waals surface area contributed by atoms with Crippen LogP contribution in [0.3, 0.4) is 0 Å². The highest BCUT2D eigenvalue weighted by Crippen LogP contribution is 2.08. The lowest BCUT2D eigenvalue weighted by Crippen LogP contribution is -2.35. The van der Waals surface area contributed by atoms with E-state index in [1.807, 2.05) is 13.8 Å². The van der Waals surface area contributed by atoms with Gasteiger partial charge in [0.05, 0.1) is 13.2 Å². The number of hydrogen-bond acceptors (Lipinski definition) is 3. The Bertz CT molecular complexity index is 166. The molecule has 0 aromatic rings. The number of carbonyl (C=O) groups excluding carboxylic acids is 1. The second-order valence-electron chi connectivity index (χ2n) is 3.34. The zero-order valence-electron chi connectivity index (χ0n) is 8.21. The van der Waals surface area contributed by atoms with Crippen LogP contribution < -0.4 is 5.32 Å². The highest BCUT2D eigenvalue weighted by molar-refractivity contribution is 5.67. The van der Waals surface area contributed by atoms with Crippen LogP contribution in [0, 0.1) is 0 Å². The van der Waals surface area contributed by atoms with Gasteiger partial charge in [0, 0.05) is 12.5 Å². The van der Waals surface area contributed by atoms with E-state index in [9.17, 15) is 4.79 Å². The number of rotatable bonds is 3. The first-order valence-corrected chi connectivity index (χ1v) is 4.77. The highest BCUT2D eigenvalue weighted by atomic mass is 16.6. The van der Waals surface area contributed by atoms with Gasteiger partial charge < -0.3 is 14.8 Å². The lowest BCUT2D eigenvalue weighted by molar-refractivity contribution is 0.0811.